The summed E-state index contributed by atoms with van der Waals surface area (Å²) in [5.74, 6) is -0.251. The fraction of sp³-hybridized carbons (Fsp3) is 0.286. The van der Waals surface area contributed by atoms with Gasteiger partial charge in [-0.2, -0.15) is 0 Å². The molecule has 1 unspecified atom stereocenters. The molecule has 0 fully saturated rings. The van der Waals surface area contributed by atoms with Crippen LogP contribution in [0.1, 0.15) is 35.6 Å². The molecule has 1 N–H and O–H groups in total. The van der Waals surface area contributed by atoms with Crippen LogP contribution in [-0.2, 0) is 29.0 Å². The van der Waals surface area contributed by atoms with Crippen molar-refractivity contribution in [3.05, 3.63) is 106 Å². The standard InChI is InChI=1S/C28H31ClN2O2/c1-3-16-30-28(33)26(18-22-11-5-4-6-12-22)31(20-24-14-7-8-15-25(24)29)27(32)19-23-13-9-10-21(2)17-23/h4-15,17,26H,3,16,18-20H2,1-2H3,(H,30,33). The molecule has 0 spiro atoms. The van der Waals surface area contributed by atoms with Gasteiger partial charge in [0, 0.05) is 24.5 Å². The minimum absolute atomic E-state index is 0.104. The van der Waals surface area contributed by atoms with Crippen molar-refractivity contribution >= 4 is 23.4 Å². The summed E-state index contributed by atoms with van der Waals surface area (Å²) in [5, 5.41) is 3.58. The number of rotatable bonds is 10. The van der Waals surface area contributed by atoms with E-state index in [1.54, 1.807) is 4.90 Å². The van der Waals surface area contributed by atoms with Crippen molar-refractivity contribution in [1.82, 2.24) is 10.2 Å². The van der Waals surface area contributed by atoms with E-state index in [4.69, 9.17) is 11.6 Å². The van der Waals surface area contributed by atoms with Gasteiger partial charge in [0.15, 0.2) is 0 Å². The molecule has 0 aliphatic heterocycles. The van der Waals surface area contributed by atoms with Gasteiger partial charge in [-0.25, -0.2) is 0 Å². The quantitative estimate of drug-likeness (QED) is 0.441. The molecule has 0 aliphatic rings. The molecular weight excluding hydrogens is 432 g/mol. The molecule has 0 aromatic heterocycles. The Hall–Kier alpha value is -3.11. The van der Waals surface area contributed by atoms with Crippen LogP contribution in [0.2, 0.25) is 5.02 Å². The van der Waals surface area contributed by atoms with Crippen molar-refractivity contribution in [3.63, 3.8) is 0 Å². The number of nitrogens with zero attached hydrogens (tertiary/aromatic N) is 1. The van der Waals surface area contributed by atoms with Crippen LogP contribution in [0.4, 0.5) is 0 Å². The zero-order valence-corrected chi connectivity index (χ0v) is 20.0. The molecule has 4 nitrogen and oxygen atoms in total. The first-order valence-corrected chi connectivity index (χ1v) is 11.8. The normalized spacial score (nSPS) is 11.6. The van der Waals surface area contributed by atoms with Crippen LogP contribution in [0.25, 0.3) is 0 Å². The molecule has 33 heavy (non-hydrogen) atoms. The van der Waals surface area contributed by atoms with Gasteiger partial charge >= 0.3 is 0 Å². The van der Waals surface area contributed by atoms with Crippen molar-refractivity contribution in [3.8, 4) is 0 Å². The Labute approximate surface area is 201 Å². The zero-order chi connectivity index (χ0) is 23.6. The number of hydrogen-bond donors (Lipinski definition) is 1. The lowest BCUT2D eigenvalue weighted by Crippen LogP contribution is -2.51. The van der Waals surface area contributed by atoms with Gasteiger partial charge in [-0.1, -0.05) is 96.9 Å². The van der Waals surface area contributed by atoms with E-state index in [9.17, 15) is 9.59 Å². The molecule has 0 aliphatic carbocycles. The third-order valence-corrected chi connectivity index (χ3v) is 5.93. The first-order valence-electron chi connectivity index (χ1n) is 11.4. The number of halogens is 1. The summed E-state index contributed by atoms with van der Waals surface area (Å²) in [6.07, 6.45) is 1.48. The van der Waals surface area contributed by atoms with Gasteiger partial charge in [-0.05, 0) is 36.1 Å². The summed E-state index contributed by atoms with van der Waals surface area (Å²) in [4.78, 5) is 28.6. The predicted molar refractivity (Wildman–Crippen MR) is 134 cm³/mol. The van der Waals surface area contributed by atoms with E-state index in [1.165, 1.54) is 0 Å². The Morgan fingerprint density at radius 1 is 0.939 bits per heavy atom. The SMILES string of the molecule is CCCNC(=O)C(Cc1ccccc1)N(Cc1ccccc1Cl)C(=O)Cc1cccc(C)c1. The first kappa shape index (κ1) is 24.5. The van der Waals surface area contributed by atoms with Crippen LogP contribution in [-0.4, -0.2) is 29.3 Å². The monoisotopic (exact) mass is 462 g/mol. The molecule has 172 valence electrons. The molecule has 0 bridgehead atoms. The van der Waals surface area contributed by atoms with Crippen LogP contribution < -0.4 is 5.32 Å². The fourth-order valence-corrected chi connectivity index (χ4v) is 4.02. The van der Waals surface area contributed by atoms with Gasteiger partial charge in [0.2, 0.25) is 11.8 Å². The molecular formula is C28H31ClN2O2. The molecule has 3 aromatic carbocycles. The lowest BCUT2D eigenvalue weighted by Gasteiger charge is -2.32. The van der Waals surface area contributed by atoms with Crippen molar-refractivity contribution < 1.29 is 9.59 Å². The average Bonchev–Trinajstić information content (AvgIpc) is 2.81. The summed E-state index contributed by atoms with van der Waals surface area (Å²) >= 11 is 6.44. The second-order valence-electron chi connectivity index (χ2n) is 8.28. The van der Waals surface area contributed by atoms with Crippen LogP contribution in [0, 0.1) is 6.92 Å². The number of aryl methyl sites for hydroxylation is 1. The van der Waals surface area contributed by atoms with Crippen LogP contribution in [0.5, 0.6) is 0 Å². The number of carbonyl (C=O) groups excluding carboxylic acids is 2. The van der Waals surface area contributed by atoms with Crippen LogP contribution in [0.15, 0.2) is 78.9 Å². The molecule has 5 heteroatoms. The Morgan fingerprint density at radius 2 is 1.64 bits per heavy atom. The van der Waals surface area contributed by atoms with E-state index in [0.29, 0.717) is 18.0 Å². The fourth-order valence-electron chi connectivity index (χ4n) is 3.83. The molecule has 1 atom stereocenters. The van der Waals surface area contributed by atoms with Gasteiger partial charge in [0.25, 0.3) is 0 Å². The smallest absolute Gasteiger partial charge is 0.243 e. The number of nitrogens with one attached hydrogen (secondary N) is 1. The number of amides is 2. The van der Waals surface area contributed by atoms with E-state index in [0.717, 1.165) is 28.7 Å². The highest BCUT2D eigenvalue weighted by Gasteiger charge is 2.30. The topological polar surface area (TPSA) is 49.4 Å². The Morgan fingerprint density at radius 3 is 2.33 bits per heavy atom. The third kappa shape index (κ3) is 7.19. The Bertz CT molecular complexity index is 1070. The molecule has 0 saturated carbocycles. The second-order valence-corrected chi connectivity index (χ2v) is 8.68. The van der Waals surface area contributed by atoms with Crippen LogP contribution in [0.3, 0.4) is 0 Å². The first-order chi connectivity index (χ1) is 16.0. The van der Waals surface area contributed by atoms with Gasteiger partial charge < -0.3 is 10.2 Å². The molecule has 0 saturated heterocycles. The summed E-state index contributed by atoms with van der Waals surface area (Å²) < 4.78 is 0. The summed E-state index contributed by atoms with van der Waals surface area (Å²) in [7, 11) is 0. The average molecular weight is 463 g/mol. The van der Waals surface area contributed by atoms with Crippen molar-refractivity contribution in [2.45, 2.75) is 45.7 Å². The highest BCUT2D eigenvalue weighted by molar-refractivity contribution is 6.31. The van der Waals surface area contributed by atoms with E-state index in [-0.39, 0.29) is 24.8 Å². The van der Waals surface area contributed by atoms with Crippen LogP contribution >= 0.6 is 11.6 Å². The molecule has 2 amide bonds. The Kier molecular flexibility index (Phi) is 9.08. The lowest BCUT2D eigenvalue weighted by molar-refractivity contribution is -0.140. The second kappa shape index (κ2) is 12.2. The maximum Gasteiger partial charge on any atom is 0.243 e. The minimum atomic E-state index is -0.646. The van der Waals surface area contributed by atoms with Crippen molar-refractivity contribution in [2.75, 3.05) is 6.54 Å². The number of carbonyl (C=O) groups is 2. The van der Waals surface area contributed by atoms with E-state index in [1.807, 2.05) is 92.7 Å². The maximum atomic E-state index is 13.7. The van der Waals surface area contributed by atoms with E-state index in [2.05, 4.69) is 5.32 Å². The van der Waals surface area contributed by atoms with E-state index >= 15 is 0 Å². The zero-order valence-electron chi connectivity index (χ0n) is 19.3. The number of hydrogen-bond acceptors (Lipinski definition) is 2. The van der Waals surface area contributed by atoms with Gasteiger partial charge in [-0.3, -0.25) is 9.59 Å². The summed E-state index contributed by atoms with van der Waals surface area (Å²) in [6, 6.07) is 24.5. The lowest BCUT2D eigenvalue weighted by atomic mass is 10.0. The largest absolute Gasteiger partial charge is 0.354 e. The molecule has 3 aromatic rings. The number of benzene rings is 3. The summed E-state index contributed by atoms with van der Waals surface area (Å²) in [5.41, 5.74) is 3.84. The molecule has 0 radical (unpaired) electrons. The van der Waals surface area contributed by atoms with Gasteiger partial charge in [0.1, 0.15) is 6.04 Å². The summed E-state index contributed by atoms with van der Waals surface area (Å²) in [6.45, 7) is 4.85. The molecule has 0 heterocycles. The van der Waals surface area contributed by atoms with E-state index < -0.39 is 6.04 Å². The highest BCUT2D eigenvalue weighted by Crippen LogP contribution is 2.21. The minimum Gasteiger partial charge on any atom is -0.354 e. The maximum absolute atomic E-state index is 13.7. The molecule has 3 rings (SSSR count). The Balaban J connectivity index is 1.96. The van der Waals surface area contributed by atoms with Crippen molar-refractivity contribution in [2.24, 2.45) is 0 Å². The van der Waals surface area contributed by atoms with Gasteiger partial charge in [-0.15, -0.1) is 0 Å². The third-order valence-electron chi connectivity index (χ3n) is 5.56. The highest BCUT2D eigenvalue weighted by atomic mass is 35.5. The predicted octanol–water partition coefficient (Wildman–Crippen LogP) is 5.36. The van der Waals surface area contributed by atoms with Crippen molar-refractivity contribution in [1.29, 1.82) is 0 Å². The van der Waals surface area contributed by atoms with Gasteiger partial charge in [0.05, 0.1) is 6.42 Å².